The van der Waals surface area contributed by atoms with E-state index in [-0.39, 0.29) is 35.7 Å². The van der Waals surface area contributed by atoms with Crippen molar-refractivity contribution in [1.82, 2.24) is 0 Å². The third-order valence-electron chi connectivity index (χ3n) is 6.09. The standard InChI is InChI=1S/C21H26N2O4/c1-13(24)17-12-16(22-23(17)14-8-5-4-6-9-14)20(25)27-19-15-10-7-11-26-18(15)21(19,2)3/h4-6,8-9,15,17-19H,7,10-12H2,1-3H3/t15-,17-,18+,19+/m0/s1. The number of hydrogen-bond donors (Lipinski definition) is 0. The number of esters is 1. The molecule has 4 atom stereocenters. The number of hydrogen-bond acceptors (Lipinski definition) is 6. The Morgan fingerprint density at radius 3 is 2.70 bits per heavy atom. The minimum atomic E-state index is -0.463. The molecule has 27 heavy (non-hydrogen) atoms. The molecule has 2 fully saturated rings. The van der Waals surface area contributed by atoms with Gasteiger partial charge in [-0.25, -0.2) is 4.79 Å². The van der Waals surface area contributed by atoms with Gasteiger partial charge in [-0.1, -0.05) is 32.0 Å². The van der Waals surface area contributed by atoms with Crippen molar-refractivity contribution < 1.29 is 19.1 Å². The maximum absolute atomic E-state index is 12.8. The maximum Gasteiger partial charge on any atom is 0.354 e. The molecule has 1 saturated heterocycles. The molecule has 2 heterocycles. The topological polar surface area (TPSA) is 68.2 Å². The Balaban J connectivity index is 1.51. The first kappa shape index (κ1) is 18.2. The van der Waals surface area contributed by atoms with E-state index in [1.807, 2.05) is 30.3 Å². The zero-order valence-corrected chi connectivity index (χ0v) is 16.1. The van der Waals surface area contributed by atoms with Gasteiger partial charge < -0.3 is 9.47 Å². The van der Waals surface area contributed by atoms with Gasteiger partial charge in [0.1, 0.15) is 17.9 Å². The van der Waals surface area contributed by atoms with E-state index in [2.05, 4.69) is 18.9 Å². The summed E-state index contributed by atoms with van der Waals surface area (Å²) in [7, 11) is 0. The van der Waals surface area contributed by atoms with Crippen molar-refractivity contribution in [3.63, 3.8) is 0 Å². The highest BCUT2D eigenvalue weighted by molar-refractivity contribution is 6.38. The van der Waals surface area contributed by atoms with E-state index in [1.165, 1.54) is 6.92 Å². The molecule has 0 unspecified atom stereocenters. The normalized spacial score (nSPS) is 31.5. The third-order valence-corrected chi connectivity index (χ3v) is 6.09. The smallest absolute Gasteiger partial charge is 0.354 e. The quantitative estimate of drug-likeness (QED) is 0.762. The first-order chi connectivity index (χ1) is 12.9. The predicted molar refractivity (Wildman–Crippen MR) is 102 cm³/mol. The van der Waals surface area contributed by atoms with E-state index in [0.29, 0.717) is 5.71 Å². The van der Waals surface area contributed by atoms with Crippen molar-refractivity contribution in [2.45, 2.75) is 58.3 Å². The number of fused-ring (bicyclic) bond motifs is 1. The largest absolute Gasteiger partial charge is 0.457 e. The molecule has 144 valence electrons. The first-order valence-corrected chi connectivity index (χ1v) is 9.64. The summed E-state index contributed by atoms with van der Waals surface area (Å²) in [5, 5.41) is 6.08. The van der Waals surface area contributed by atoms with E-state index < -0.39 is 12.0 Å². The van der Waals surface area contributed by atoms with E-state index in [9.17, 15) is 9.59 Å². The number of carbonyl (C=O) groups is 2. The number of carbonyl (C=O) groups excluding carboxylic acids is 2. The molecule has 1 aliphatic carbocycles. The molecular formula is C21H26N2O4. The van der Waals surface area contributed by atoms with Crippen LogP contribution in [0.25, 0.3) is 0 Å². The molecule has 1 saturated carbocycles. The lowest BCUT2D eigenvalue weighted by Gasteiger charge is -2.58. The van der Waals surface area contributed by atoms with Gasteiger partial charge in [-0.2, -0.15) is 5.10 Å². The monoisotopic (exact) mass is 370 g/mol. The maximum atomic E-state index is 12.8. The number of benzene rings is 1. The van der Waals surface area contributed by atoms with Gasteiger partial charge in [0.15, 0.2) is 5.78 Å². The summed E-state index contributed by atoms with van der Waals surface area (Å²) < 4.78 is 11.8. The Bertz CT molecular complexity index is 774. The molecule has 0 bridgehead atoms. The van der Waals surface area contributed by atoms with Crippen LogP contribution in [0.15, 0.2) is 35.4 Å². The number of para-hydroxylation sites is 1. The molecule has 0 amide bonds. The minimum Gasteiger partial charge on any atom is -0.457 e. The summed E-state index contributed by atoms with van der Waals surface area (Å²) in [6.07, 6.45) is 2.28. The van der Waals surface area contributed by atoms with Crippen molar-refractivity contribution in [3.8, 4) is 0 Å². The van der Waals surface area contributed by atoms with E-state index in [4.69, 9.17) is 9.47 Å². The summed E-state index contributed by atoms with van der Waals surface area (Å²) >= 11 is 0. The van der Waals surface area contributed by atoms with Gasteiger partial charge in [-0.15, -0.1) is 0 Å². The molecule has 4 rings (SSSR count). The number of hydrazone groups is 1. The van der Waals surface area contributed by atoms with Crippen molar-refractivity contribution >= 4 is 23.2 Å². The van der Waals surface area contributed by atoms with Crippen LogP contribution in [0.5, 0.6) is 0 Å². The lowest BCUT2D eigenvalue weighted by atomic mass is 9.57. The van der Waals surface area contributed by atoms with Crippen LogP contribution in [0.4, 0.5) is 5.69 Å². The van der Waals surface area contributed by atoms with E-state index in [0.717, 1.165) is 25.1 Å². The van der Waals surface area contributed by atoms with Crippen LogP contribution in [0, 0.1) is 11.3 Å². The molecular weight excluding hydrogens is 344 g/mol. The SMILES string of the molecule is CC(=O)[C@@H]1CC(C(=O)O[C@@H]2[C@H]3CCCO[C@H]3C2(C)C)=NN1c1ccccc1. The molecule has 0 radical (unpaired) electrons. The molecule has 3 aliphatic rings. The number of ether oxygens (including phenoxy) is 2. The van der Waals surface area contributed by atoms with Crippen LogP contribution >= 0.6 is 0 Å². The van der Waals surface area contributed by atoms with Crippen molar-refractivity contribution in [3.05, 3.63) is 30.3 Å². The molecule has 6 heteroatoms. The van der Waals surface area contributed by atoms with Gasteiger partial charge in [0.2, 0.25) is 0 Å². The fourth-order valence-electron chi connectivity index (χ4n) is 4.67. The highest BCUT2D eigenvalue weighted by Gasteiger charge is 2.60. The first-order valence-electron chi connectivity index (χ1n) is 9.64. The van der Waals surface area contributed by atoms with Crippen LogP contribution in [0.1, 0.15) is 40.0 Å². The van der Waals surface area contributed by atoms with Crippen molar-refractivity contribution in [2.24, 2.45) is 16.4 Å². The van der Waals surface area contributed by atoms with Gasteiger partial charge in [-0.05, 0) is 31.9 Å². The minimum absolute atomic E-state index is 0.0184. The second-order valence-corrected chi connectivity index (χ2v) is 8.30. The number of nitrogens with zero attached hydrogens (tertiary/aromatic N) is 2. The van der Waals surface area contributed by atoms with Crippen molar-refractivity contribution in [2.75, 3.05) is 11.6 Å². The molecule has 1 aromatic carbocycles. The Kier molecular flexibility index (Phi) is 4.54. The fraction of sp³-hybridized carbons (Fsp3) is 0.571. The summed E-state index contributed by atoms with van der Waals surface area (Å²) in [5.41, 5.74) is 0.916. The zero-order valence-electron chi connectivity index (χ0n) is 16.1. The zero-order chi connectivity index (χ0) is 19.2. The van der Waals surface area contributed by atoms with E-state index >= 15 is 0 Å². The number of Topliss-reactive ketones (excluding diaryl/α,β-unsaturated/α-hetero) is 1. The predicted octanol–water partition coefficient (Wildman–Crippen LogP) is 2.96. The number of anilines is 1. The Morgan fingerprint density at radius 1 is 1.26 bits per heavy atom. The second-order valence-electron chi connectivity index (χ2n) is 8.30. The Labute approximate surface area is 159 Å². The summed E-state index contributed by atoms with van der Waals surface area (Å²) in [5.74, 6) is -0.176. The molecule has 0 N–H and O–H groups in total. The van der Waals surface area contributed by atoms with Gasteiger partial charge in [0, 0.05) is 24.4 Å². The summed E-state index contributed by atoms with van der Waals surface area (Å²) in [6, 6.07) is 8.98. The fourth-order valence-corrected chi connectivity index (χ4v) is 4.67. The average molecular weight is 370 g/mol. The molecule has 1 aromatic rings. The summed E-state index contributed by atoms with van der Waals surface area (Å²) in [6.45, 7) is 6.48. The molecule has 0 spiro atoms. The van der Waals surface area contributed by atoms with Crippen LogP contribution < -0.4 is 5.01 Å². The summed E-state index contributed by atoms with van der Waals surface area (Å²) in [4.78, 5) is 24.9. The lowest BCUT2D eigenvalue weighted by molar-refractivity contribution is -0.251. The lowest BCUT2D eigenvalue weighted by Crippen LogP contribution is -2.65. The Morgan fingerprint density at radius 2 is 2.00 bits per heavy atom. The van der Waals surface area contributed by atoms with Crippen molar-refractivity contribution in [1.29, 1.82) is 0 Å². The van der Waals surface area contributed by atoms with Gasteiger partial charge >= 0.3 is 5.97 Å². The van der Waals surface area contributed by atoms with Gasteiger partial charge in [-0.3, -0.25) is 9.80 Å². The van der Waals surface area contributed by atoms with E-state index in [1.54, 1.807) is 5.01 Å². The van der Waals surface area contributed by atoms with Gasteiger partial charge in [0.25, 0.3) is 0 Å². The van der Waals surface area contributed by atoms with Crippen LogP contribution in [0.2, 0.25) is 0 Å². The highest BCUT2D eigenvalue weighted by Crippen LogP contribution is 2.53. The number of rotatable bonds is 4. The molecule has 2 aliphatic heterocycles. The highest BCUT2D eigenvalue weighted by atomic mass is 16.6. The molecule has 6 nitrogen and oxygen atoms in total. The Hall–Kier alpha value is -2.21. The van der Waals surface area contributed by atoms with Crippen LogP contribution in [-0.2, 0) is 19.1 Å². The van der Waals surface area contributed by atoms with Gasteiger partial charge in [0.05, 0.1) is 11.8 Å². The van der Waals surface area contributed by atoms with Crippen LogP contribution in [-0.4, -0.2) is 42.3 Å². The third kappa shape index (κ3) is 3.06. The molecule has 0 aromatic heterocycles. The second kappa shape index (κ2) is 6.75. The van der Waals surface area contributed by atoms with Crippen LogP contribution in [0.3, 0.4) is 0 Å². The number of ketones is 1. The average Bonchev–Trinajstić information content (AvgIpc) is 3.12.